The van der Waals surface area contributed by atoms with Gasteiger partial charge in [-0.25, -0.2) is 9.59 Å². The number of aliphatic hydroxyl groups excluding tert-OH is 3. The van der Waals surface area contributed by atoms with E-state index in [1.807, 2.05) is 0 Å². The molecular weight excluding hydrogens is 410 g/mol. The fourth-order valence-electron chi connectivity index (χ4n) is 2.29. The van der Waals surface area contributed by atoms with Crippen molar-refractivity contribution in [1.29, 1.82) is 0 Å². The van der Waals surface area contributed by atoms with Crippen molar-refractivity contribution in [2.45, 2.75) is 43.7 Å². The Balaban J connectivity index is 4.93. The Morgan fingerprint density at radius 2 is 1.62 bits per heavy atom. The predicted molar refractivity (Wildman–Crippen MR) is 103 cm³/mol. The maximum absolute atomic E-state index is 12.5. The number of thioether (sulfide) groups is 1. The van der Waals surface area contributed by atoms with Gasteiger partial charge in [-0.05, 0) is 20.2 Å². The smallest absolute Gasteiger partial charge is 0.335 e. The maximum atomic E-state index is 12.5. The summed E-state index contributed by atoms with van der Waals surface area (Å²) < 4.78 is 0. The van der Waals surface area contributed by atoms with Gasteiger partial charge in [0.15, 0.2) is 6.10 Å². The van der Waals surface area contributed by atoms with Gasteiger partial charge in [0, 0.05) is 24.8 Å². The molecule has 0 aliphatic carbocycles. The molecule has 0 saturated heterocycles. The third-order valence-corrected chi connectivity index (χ3v) is 4.89. The fraction of sp³-hybridized carbons (Fsp3) is 0.750. The first-order valence-corrected chi connectivity index (χ1v) is 10.1. The number of carboxylic acid groups (broad SMARTS) is 2. The SMILES string of the molecule is CN[C@@H](C)C(CC(=O)NCC(O)C(O)C(O)C(=O)O)C(=O)N[C@@H](CSC)C(=O)O. The average Bonchev–Trinajstić information content (AvgIpc) is 2.67. The van der Waals surface area contributed by atoms with Crippen molar-refractivity contribution in [2.24, 2.45) is 5.92 Å². The number of carbonyl (C=O) groups excluding carboxylic acids is 2. The summed E-state index contributed by atoms with van der Waals surface area (Å²) in [6, 6.07) is -1.62. The van der Waals surface area contributed by atoms with Crippen molar-refractivity contribution in [3.05, 3.63) is 0 Å². The molecule has 0 aliphatic heterocycles. The number of hydrogen-bond acceptors (Lipinski definition) is 9. The molecule has 0 rings (SSSR count). The van der Waals surface area contributed by atoms with E-state index in [0.717, 1.165) is 0 Å². The zero-order valence-corrected chi connectivity index (χ0v) is 17.2. The number of carboxylic acids is 2. The summed E-state index contributed by atoms with van der Waals surface area (Å²) in [7, 11) is 1.56. The fourth-order valence-corrected chi connectivity index (χ4v) is 2.84. The van der Waals surface area contributed by atoms with Crippen molar-refractivity contribution in [2.75, 3.05) is 25.6 Å². The molecule has 29 heavy (non-hydrogen) atoms. The van der Waals surface area contributed by atoms with Crippen LogP contribution in [0.15, 0.2) is 0 Å². The first-order valence-electron chi connectivity index (χ1n) is 8.69. The highest BCUT2D eigenvalue weighted by Gasteiger charge is 2.32. The van der Waals surface area contributed by atoms with E-state index in [4.69, 9.17) is 10.2 Å². The topological polar surface area (TPSA) is 206 Å². The third kappa shape index (κ3) is 9.41. The highest BCUT2D eigenvalue weighted by atomic mass is 32.2. The Kier molecular flexibility index (Phi) is 12.4. The van der Waals surface area contributed by atoms with Crippen LogP contribution in [0.5, 0.6) is 0 Å². The number of rotatable bonds is 14. The Hall–Kier alpha value is -1.93. The van der Waals surface area contributed by atoms with Crippen molar-refractivity contribution < 1.29 is 44.7 Å². The Bertz CT molecular complexity index is 578. The number of nitrogens with one attached hydrogen (secondary N) is 3. The van der Waals surface area contributed by atoms with Crippen LogP contribution >= 0.6 is 11.8 Å². The van der Waals surface area contributed by atoms with Gasteiger partial charge in [0.1, 0.15) is 18.2 Å². The normalized spacial score (nSPS) is 17.3. The van der Waals surface area contributed by atoms with Crippen LogP contribution in [0.4, 0.5) is 0 Å². The lowest BCUT2D eigenvalue weighted by Crippen LogP contribution is -2.51. The minimum atomic E-state index is -2.23. The lowest BCUT2D eigenvalue weighted by atomic mass is 9.95. The van der Waals surface area contributed by atoms with Crippen LogP contribution in [0.2, 0.25) is 0 Å². The molecule has 0 radical (unpaired) electrons. The molecule has 13 heteroatoms. The van der Waals surface area contributed by atoms with Crippen molar-refractivity contribution in [3.8, 4) is 0 Å². The Morgan fingerprint density at radius 3 is 2.07 bits per heavy atom. The zero-order chi connectivity index (χ0) is 22.7. The van der Waals surface area contributed by atoms with Crippen molar-refractivity contribution >= 4 is 35.5 Å². The first kappa shape index (κ1) is 27.1. The number of carbonyl (C=O) groups is 4. The molecule has 0 aromatic heterocycles. The van der Waals surface area contributed by atoms with Gasteiger partial charge in [0.2, 0.25) is 11.8 Å². The molecule has 2 amide bonds. The second kappa shape index (κ2) is 13.3. The van der Waals surface area contributed by atoms with Gasteiger partial charge in [-0.2, -0.15) is 11.8 Å². The van der Waals surface area contributed by atoms with Gasteiger partial charge in [0.25, 0.3) is 0 Å². The first-order chi connectivity index (χ1) is 13.5. The average molecular weight is 439 g/mol. The molecule has 0 heterocycles. The molecular formula is C16H29N3O9S. The molecule has 12 nitrogen and oxygen atoms in total. The van der Waals surface area contributed by atoms with Crippen LogP contribution in [0.3, 0.4) is 0 Å². The molecule has 4 unspecified atom stereocenters. The van der Waals surface area contributed by atoms with E-state index < -0.39 is 66.6 Å². The molecule has 0 aromatic rings. The van der Waals surface area contributed by atoms with Crippen LogP contribution in [-0.4, -0.2) is 105 Å². The lowest BCUT2D eigenvalue weighted by Gasteiger charge is -2.25. The van der Waals surface area contributed by atoms with Crippen LogP contribution in [0.25, 0.3) is 0 Å². The summed E-state index contributed by atoms with van der Waals surface area (Å²) >= 11 is 1.23. The lowest BCUT2D eigenvalue weighted by molar-refractivity contribution is -0.157. The van der Waals surface area contributed by atoms with E-state index in [2.05, 4.69) is 16.0 Å². The van der Waals surface area contributed by atoms with Crippen LogP contribution in [0, 0.1) is 5.92 Å². The quantitative estimate of drug-likeness (QED) is 0.135. The maximum Gasteiger partial charge on any atom is 0.335 e. The minimum Gasteiger partial charge on any atom is -0.480 e. The van der Waals surface area contributed by atoms with Crippen molar-refractivity contribution in [1.82, 2.24) is 16.0 Å². The second-order valence-corrected chi connectivity index (χ2v) is 7.30. The predicted octanol–water partition coefficient (Wildman–Crippen LogP) is -3.18. The molecule has 0 aromatic carbocycles. The van der Waals surface area contributed by atoms with Crippen LogP contribution in [0.1, 0.15) is 13.3 Å². The molecule has 168 valence electrons. The van der Waals surface area contributed by atoms with E-state index in [1.54, 1.807) is 20.2 Å². The molecule has 0 aliphatic rings. The van der Waals surface area contributed by atoms with E-state index in [-0.39, 0.29) is 12.2 Å². The largest absolute Gasteiger partial charge is 0.480 e. The molecule has 0 spiro atoms. The highest BCUT2D eigenvalue weighted by molar-refractivity contribution is 7.98. The number of aliphatic hydroxyl groups is 3. The van der Waals surface area contributed by atoms with Gasteiger partial charge in [-0.3, -0.25) is 9.59 Å². The third-order valence-electron chi connectivity index (χ3n) is 4.23. The second-order valence-electron chi connectivity index (χ2n) is 6.39. The van der Waals surface area contributed by atoms with E-state index in [1.165, 1.54) is 11.8 Å². The van der Waals surface area contributed by atoms with Gasteiger partial charge in [-0.15, -0.1) is 0 Å². The number of aliphatic carboxylic acids is 2. The van der Waals surface area contributed by atoms with Gasteiger partial charge >= 0.3 is 11.9 Å². The Labute approximate surface area is 172 Å². The number of amides is 2. The van der Waals surface area contributed by atoms with E-state index in [9.17, 15) is 34.5 Å². The van der Waals surface area contributed by atoms with Gasteiger partial charge in [-0.1, -0.05) is 0 Å². The van der Waals surface area contributed by atoms with Crippen molar-refractivity contribution in [3.63, 3.8) is 0 Å². The van der Waals surface area contributed by atoms with E-state index in [0.29, 0.717) is 0 Å². The summed E-state index contributed by atoms with van der Waals surface area (Å²) in [6.07, 6.45) is -4.68. The Morgan fingerprint density at radius 1 is 1.03 bits per heavy atom. The van der Waals surface area contributed by atoms with Crippen LogP contribution < -0.4 is 16.0 Å². The highest BCUT2D eigenvalue weighted by Crippen LogP contribution is 2.11. The summed E-state index contributed by atoms with van der Waals surface area (Å²) in [5.41, 5.74) is 0. The van der Waals surface area contributed by atoms with E-state index >= 15 is 0 Å². The summed E-state index contributed by atoms with van der Waals surface area (Å²) in [4.78, 5) is 46.4. The number of hydrogen-bond donors (Lipinski definition) is 8. The molecule has 0 saturated carbocycles. The molecule has 8 N–H and O–H groups in total. The standard InChI is InChI=1S/C16H29N3O9S/c1-7(17-2)8(14(24)19-9(6-29-3)15(25)26)4-11(21)18-5-10(20)12(22)13(23)16(27)28/h7-10,12-13,17,20,22-23H,4-6H2,1-3H3,(H,18,21)(H,19,24)(H,25,26)(H,27,28)/t7-,8?,9-,10?,12?,13?/m0/s1. The van der Waals surface area contributed by atoms with Gasteiger partial charge in [0.05, 0.1) is 5.92 Å². The van der Waals surface area contributed by atoms with Gasteiger partial charge < -0.3 is 41.5 Å². The summed E-state index contributed by atoms with van der Waals surface area (Å²) in [5, 5.41) is 53.6. The summed E-state index contributed by atoms with van der Waals surface area (Å²) in [5.74, 6) is -5.08. The minimum absolute atomic E-state index is 0.143. The monoisotopic (exact) mass is 439 g/mol. The molecule has 0 fully saturated rings. The summed E-state index contributed by atoms with van der Waals surface area (Å²) in [6.45, 7) is 1.07. The zero-order valence-electron chi connectivity index (χ0n) is 16.4. The molecule has 6 atom stereocenters. The molecule has 0 bridgehead atoms. The van der Waals surface area contributed by atoms with Crippen LogP contribution in [-0.2, 0) is 19.2 Å².